The van der Waals surface area contributed by atoms with Crippen molar-refractivity contribution in [3.63, 3.8) is 0 Å². The van der Waals surface area contributed by atoms with Crippen LogP contribution in [0.25, 0.3) is 22.2 Å². The highest BCUT2D eigenvalue weighted by Gasteiger charge is 2.12. The van der Waals surface area contributed by atoms with Gasteiger partial charge < -0.3 is 15.5 Å². The maximum absolute atomic E-state index is 13.4. The molecule has 1 aromatic heterocycles. The number of aromatic amines is 1. The maximum Gasteiger partial charge on any atom is 0.123 e. The zero-order valence-corrected chi connectivity index (χ0v) is 11.1. The third-order valence-corrected chi connectivity index (χ3v) is 3.45. The smallest absolute Gasteiger partial charge is 0.123 e. The van der Waals surface area contributed by atoms with E-state index >= 15 is 0 Å². The minimum Gasteiger partial charge on any atom is -0.497 e. The molecule has 0 aliphatic rings. The van der Waals surface area contributed by atoms with Crippen LogP contribution in [0, 0.1) is 5.82 Å². The van der Waals surface area contributed by atoms with Crippen molar-refractivity contribution in [3.8, 4) is 17.0 Å². The summed E-state index contributed by atoms with van der Waals surface area (Å²) in [7, 11) is 1.63. The Bertz CT molecular complexity index is 747. The minimum atomic E-state index is -0.257. The van der Waals surface area contributed by atoms with E-state index in [0.717, 1.165) is 33.5 Å². The number of ether oxygens (including phenoxy) is 1. The molecule has 3 nitrogen and oxygen atoms in total. The van der Waals surface area contributed by atoms with E-state index in [0.29, 0.717) is 6.54 Å². The quantitative estimate of drug-likeness (QED) is 0.766. The van der Waals surface area contributed by atoms with Crippen LogP contribution in [0.5, 0.6) is 5.75 Å². The van der Waals surface area contributed by atoms with Gasteiger partial charge in [0.15, 0.2) is 0 Å². The highest BCUT2D eigenvalue weighted by Crippen LogP contribution is 2.31. The number of methoxy groups -OCH3 is 1. The van der Waals surface area contributed by atoms with Gasteiger partial charge in [-0.05, 0) is 53.6 Å². The number of H-pyrrole nitrogens is 1. The topological polar surface area (TPSA) is 51.0 Å². The van der Waals surface area contributed by atoms with Gasteiger partial charge in [-0.25, -0.2) is 4.39 Å². The Morgan fingerprint density at radius 3 is 2.55 bits per heavy atom. The summed E-state index contributed by atoms with van der Waals surface area (Å²) >= 11 is 0. The van der Waals surface area contributed by atoms with Crippen molar-refractivity contribution in [1.29, 1.82) is 0 Å². The fourth-order valence-electron chi connectivity index (χ4n) is 2.44. The lowest BCUT2D eigenvalue weighted by Crippen LogP contribution is -1.97. The number of halogens is 1. The Labute approximate surface area is 116 Å². The lowest BCUT2D eigenvalue weighted by atomic mass is 10.1. The molecule has 2 aromatic carbocycles. The maximum atomic E-state index is 13.4. The van der Waals surface area contributed by atoms with E-state index < -0.39 is 0 Å². The molecule has 0 aliphatic carbocycles. The van der Waals surface area contributed by atoms with Crippen LogP contribution >= 0.6 is 0 Å². The van der Waals surface area contributed by atoms with E-state index in [1.54, 1.807) is 13.2 Å². The van der Waals surface area contributed by atoms with Crippen LogP contribution in [0.4, 0.5) is 4.39 Å². The summed E-state index contributed by atoms with van der Waals surface area (Å²) in [6.45, 7) is 0.352. The van der Waals surface area contributed by atoms with Crippen molar-refractivity contribution < 1.29 is 9.13 Å². The largest absolute Gasteiger partial charge is 0.497 e. The van der Waals surface area contributed by atoms with Crippen molar-refractivity contribution in [1.82, 2.24) is 4.98 Å². The van der Waals surface area contributed by atoms with Crippen LogP contribution in [-0.2, 0) is 6.54 Å². The van der Waals surface area contributed by atoms with Crippen molar-refractivity contribution in [2.45, 2.75) is 6.54 Å². The molecule has 0 amide bonds. The van der Waals surface area contributed by atoms with Crippen molar-refractivity contribution in [2.24, 2.45) is 5.73 Å². The first-order valence-electron chi connectivity index (χ1n) is 6.37. The second-order valence-corrected chi connectivity index (χ2v) is 4.60. The number of rotatable bonds is 3. The summed E-state index contributed by atoms with van der Waals surface area (Å²) in [5, 5.41) is 0.832. The first-order chi connectivity index (χ1) is 9.72. The van der Waals surface area contributed by atoms with E-state index in [2.05, 4.69) is 4.98 Å². The number of fused-ring (bicyclic) bond motifs is 1. The molecular formula is C16H15FN2O. The molecule has 0 aliphatic heterocycles. The molecule has 0 atom stereocenters. The Morgan fingerprint density at radius 1 is 1.15 bits per heavy atom. The molecule has 0 fully saturated rings. The van der Waals surface area contributed by atoms with E-state index in [-0.39, 0.29) is 5.82 Å². The first kappa shape index (κ1) is 12.7. The summed E-state index contributed by atoms with van der Waals surface area (Å²) in [4.78, 5) is 3.31. The van der Waals surface area contributed by atoms with Crippen LogP contribution in [0.15, 0.2) is 42.5 Å². The predicted molar refractivity (Wildman–Crippen MR) is 78.1 cm³/mol. The highest BCUT2D eigenvalue weighted by molar-refractivity contribution is 5.90. The lowest BCUT2D eigenvalue weighted by Gasteiger charge is -2.04. The van der Waals surface area contributed by atoms with E-state index in [4.69, 9.17) is 10.5 Å². The Hall–Kier alpha value is -2.33. The van der Waals surface area contributed by atoms with Crippen LogP contribution in [0.3, 0.4) is 0 Å². The Balaban J connectivity index is 2.19. The lowest BCUT2D eigenvalue weighted by molar-refractivity contribution is 0.415. The van der Waals surface area contributed by atoms with Crippen molar-refractivity contribution in [3.05, 3.63) is 53.8 Å². The van der Waals surface area contributed by atoms with Gasteiger partial charge in [0.2, 0.25) is 0 Å². The number of benzene rings is 2. The molecule has 0 bridgehead atoms. The van der Waals surface area contributed by atoms with Gasteiger partial charge in [-0.3, -0.25) is 0 Å². The van der Waals surface area contributed by atoms with Crippen LogP contribution in [0.1, 0.15) is 5.56 Å². The molecule has 3 aromatic rings. The first-order valence-corrected chi connectivity index (χ1v) is 6.37. The number of nitrogens with two attached hydrogens (primary N) is 1. The monoisotopic (exact) mass is 270 g/mol. The third-order valence-electron chi connectivity index (χ3n) is 3.45. The zero-order valence-electron chi connectivity index (χ0n) is 11.1. The fraction of sp³-hybridized carbons (Fsp3) is 0.125. The summed E-state index contributed by atoms with van der Waals surface area (Å²) in [5.41, 5.74) is 9.57. The van der Waals surface area contributed by atoms with Crippen molar-refractivity contribution in [2.75, 3.05) is 7.11 Å². The molecule has 0 radical (unpaired) electrons. The second kappa shape index (κ2) is 4.98. The predicted octanol–water partition coefficient (Wildman–Crippen LogP) is 3.44. The summed E-state index contributed by atoms with van der Waals surface area (Å²) in [6, 6.07) is 12.4. The SMILES string of the molecule is COc1ccc(-c2[nH]c3ccc(F)cc3c2CN)cc1. The third kappa shape index (κ3) is 2.04. The zero-order chi connectivity index (χ0) is 14.1. The van der Waals surface area contributed by atoms with Crippen LogP contribution < -0.4 is 10.5 Å². The van der Waals surface area contributed by atoms with Gasteiger partial charge >= 0.3 is 0 Å². The van der Waals surface area contributed by atoms with Crippen molar-refractivity contribution >= 4 is 10.9 Å². The van der Waals surface area contributed by atoms with Crippen LogP contribution in [0.2, 0.25) is 0 Å². The minimum absolute atomic E-state index is 0.257. The fourth-order valence-corrected chi connectivity index (χ4v) is 2.44. The highest BCUT2D eigenvalue weighted by atomic mass is 19.1. The van der Waals surface area contributed by atoms with Gasteiger partial charge in [-0.2, -0.15) is 0 Å². The molecular weight excluding hydrogens is 255 g/mol. The summed E-state index contributed by atoms with van der Waals surface area (Å²) < 4.78 is 18.5. The molecule has 0 spiro atoms. The van der Waals surface area contributed by atoms with E-state index in [9.17, 15) is 4.39 Å². The Kier molecular flexibility index (Phi) is 3.16. The van der Waals surface area contributed by atoms with E-state index in [1.165, 1.54) is 12.1 Å². The average Bonchev–Trinajstić information content (AvgIpc) is 2.85. The second-order valence-electron chi connectivity index (χ2n) is 4.60. The van der Waals surface area contributed by atoms with Gasteiger partial charge in [-0.15, -0.1) is 0 Å². The normalized spacial score (nSPS) is 10.9. The summed E-state index contributed by atoms with van der Waals surface area (Å²) in [5.74, 6) is 0.540. The van der Waals surface area contributed by atoms with Gasteiger partial charge in [-0.1, -0.05) is 0 Å². The number of aromatic nitrogens is 1. The number of hydrogen-bond acceptors (Lipinski definition) is 2. The molecule has 3 rings (SSSR count). The average molecular weight is 270 g/mol. The molecule has 20 heavy (non-hydrogen) atoms. The number of hydrogen-bond donors (Lipinski definition) is 2. The molecule has 3 N–H and O–H groups in total. The molecule has 0 saturated carbocycles. The van der Waals surface area contributed by atoms with Gasteiger partial charge in [0.1, 0.15) is 11.6 Å². The Morgan fingerprint density at radius 2 is 1.90 bits per heavy atom. The molecule has 0 unspecified atom stereocenters. The molecule has 4 heteroatoms. The van der Waals surface area contributed by atoms with Gasteiger partial charge in [0.05, 0.1) is 12.8 Å². The van der Waals surface area contributed by atoms with Gasteiger partial charge in [0.25, 0.3) is 0 Å². The number of nitrogens with one attached hydrogen (secondary N) is 1. The summed E-state index contributed by atoms with van der Waals surface area (Å²) in [6.07, 6.45) is 0. The molecule has 102 valence electrons. The van der Waals surface area contributed by atoms with E-state index in [1.807, 2.05) is 24.3 Å². The van der Waals surface area contributed by atoms with Crippen LogP contribution in [-0.4, -0.2) is 12.1 Å². The van der Waals surface area contributed by atoms with Gasteiger partial charge in [0, 0.05) is 17.4 Å². The molecule has 1 heterocycles. The standard InChI is InChI=1S/C16H15FN2O/c1-20-12-5-2-10(3-6-12)16-14(9-18)13-8-11(17)4-7-15(13)19-16/h2-8,19H,9,18H2,1H3. The molecule has 0 saturated heterocycles.